The van der Waals surface area contributed by atoms with Crippen LogP contribution in [0.1, 0.15) is 64.7 Å². The van der Waals surface area contributed by atoms with Crippen molar-refractivity contribution in [2.75, 3.05) is 7.05 Å². The number of nitrogens with zero attached hydrogens (tertiary/aromatic N) is 1. The van der Waals surface area contributed by atoms with Gasteiger partial charge < -0.3 is 4.90 Å². The fraction of sp³-hybridized carbons (Fsp3) is 0.941. The lowest BCUT2D eigenvalue weighted by Gasteiger charge is -2.34. The zero-order valence-electron chi connectivity index (χ0n) is 12.6. The van der Waals surface area contributed by atoms with Crippen LogP contribution in [0.4, 0.5) is 0 Å². The summed E-state index contributed by atoms with van der Waals surface area (Å²) in [6, 6.07) is 0.530. The van der Waals surface area contributed by atoms with Gasteiger partial charge in [-0.15, -0.1) is 0 Å². The minimum atomic E-state index is 0.428. The first-order valence-electron chi connectivity index (χ1n) is 8.39. The van der Waals surface area contributed by atoms with E-state index >= 15 is 0 Å². The fourth-order valence-corrected chi connectivity index (χ4v) is 4.83. The maximum Gasteiger partial charge on any atom is 0.222 e. The van der Waals surface area contributed by atoms with Gasteiger partial charge in [0.2, 0.25) is 5.91 Å². The second-order valence-corrected chi connectivity index (χ2v) is 7.56. The first kappa shape index (κ1) is 13.5. The molecular weight excluding hydrogens is 234 g/mol. The highest BCUT2D eigenvalue weighted by molar-refractivity contribution is 5.76. The zero-order valence-corrected chi connectivity index (χ0v) is 12.6. The molecule has 2 bridgehead atoms. The van der Waals surface area contributed by atoms with Gasteiger partial charge >= 0.3 is 0 Å². The van der Waals surface area contributed by atoms with Gasteiger partial charge in [-0.3, -0.25) is 4.79 Å². The van der Waals surface area contributed by atoms with Gasteiger partial charge in [-0.05, 0) is 68.6 Å². The van der Waals surface area contributed by atoms with E-state index in [-0.39, 0.29) is 0 Å². The SMILES string of the molecule is CC1CCC(N(C)C(=O)C[C@@H]2C[C@H]3CC[C@H]2C3)CC1. The van der Waals surface area contributed by atoms with E-state index in [1.54, 1.807) is 0 Å². The average molecular weight is 263 g/mol. The molecule has 2 heteroatoms. The smallest absolute Gasteiger partial charge is 0.222 e. The standard InChI is InChI=1S/C17H29NO/c1-12-3-7-16(8-4-12)18(2)17(19)11-15-10-13-5-6-14(15)9-13/h12-16H,3-11H2,1-2H3/t12?,13-,14-,15-,16?/m0/s1. The van der Waals surface area contributed by atoms with Crippen molar-refractivity contribution in [3.63, 3.8) is 0 Å². The highest BCUT2D eigenvalue weighted by Crippen LogP contribution is 2.49. The number of hydrogen-bond donors (Lipinski definition) is 0. The molecule has 3 atom stereocenters. The van der Waals surface area contributed by atoms with Crippen molar-refractivity contribution in [1.82, 2.24) is 4.90 Å². The molecule has 3 fully saturated rings. The lowest BCUT2D eigenvalue weighted by atomic mass is 9.84. The molecule has 0 aromatic rings. The Morgan fingerprint density at radius 2 is 1.79 bits per heavy atom. The molecule has 0 radical (unpaired) electrons. The highest BCUT2D eigenvalue weighted by Gasteiger charge is 2.40. The monoisotopic (exact) mass is 263 g/mol. The maximum absolute atomic E-state index is 12.5. The summed E-state index contributed by atoms with van der Waals surface area (Å²) < 4.78 is 0. The van der Waals surface area contributed by atoms with Gasteiger partial charge in [0.25, 0.3) is 0 Å². The van der Waals surface area contributed by atoms with Crippen molar-refractivity contribution in [3.05, 3.63) is 0 Å². The quantitative estimate of drug-likeness (QED) is 0.757. The van der Waals surface area contributed by atoms with E-state index in [9.17, 15) is 4.79 Å². The predicted molar refractivity (Wildman–Crippen MR) is 77.7 cm³/mol. The van der Waals surface area contributed by atoms with Crippen LogP contribution in [-0.4, -0.2) is 23.9 Å². The minimum absolute atomic E-state index is 0.428. The normalized spacial score (nSPS) is 41.5. The Hall–Kier alpha value is -0.530. The van der Waals surface area contributed by atoms with Crippen LogP contribution in [0.25, 0.3) is 0 Å². The van der Waals surface area contributed by atoms with E-state index in [0.717, 1.165) is 30.1 Å². The van der Waals surface area contributed by atoms with Crippen molar-refractivity contribution in [2.24, 2.45) is 23.7 Å². The number of carbonyl (C=O) groups is 1. The minimum Gasteiger partial charge on any atom is -0.343 e. The highest BCUT2D eigenvalue weighted by atomic mass is 16.2. The van der Waals surface area contributed by atoms with Gasteiger partial charge in [0.1, 0.15) is 0 Å². The summed E-state index contributed by atoms with van der Waals surface area (Å²) in [6.45, 7) is 2.34. The van der Waals surface area contributed by atoms with Crippen LogP contribution >= 0.6 is 0 Å². The first-order chi connectivity index (χ1) is 9.13. The van der Waals surface area contributed by atoms with E-state index in [2.05, 4.69) is 18.9 Å². The van der Waals surface area contributed by atoms with Crippen molar-refractivity contribution in [1.29, 1.82) is 0 Å². The van der Waals surface area contributed by atoms with Crippen molar-refractivity contribution in [3.8, 4) is 0 Å². The Morgan fingerprint density at radius 1 is 1.05 bits per heavy atom. The van der Waals surface area contributed by atoms with Gasteiger partial charge in [-0.25, -0.2) is 0 Å². The van der Waals surface area contributed by atoms with Gasteiger partial charge in [-0.2, -0.15) is 0 Å². The Bertz CT molecular complexity index is 332. The van der Waals surface area contributed by atoms with E-state index in [1.165, 1.54) is 51.4 Å². The molecule has 3 aliphatic carbocycles. The summed E-state index contributed by atoms with van der Waals surface area (Å²) in [5.74, 6) is 3.86. The summed E-state index contributed by atoms with van der Waals surface area (Å²) in [4.78, 5) is 14.6. The van der Waals surface area contributed by atoms with Crippen LogP contribution in [0, 0.1) is 23.7 Å². The Labute approximate surface area is 117 Å². The third-order valence-electron chi connectivity index (χ3n) is 6.25. The summed E-state index contributed by atoms with van der Waals surface area (Å²) in [5, 5.41) is 0. The molecule has 0 aromatic heterocycles. The second-order valence-electron chi connectivity index (χ2n) is 7.56. The van der Waals surface area contributed by atoms with Crippen LogP contribution in [0.2, 0.25) is 0 Å². The number of amides is 1. The molecule has 19 heavy (non-hydrogen) atoms. The Balaban J connectivity index is 1.49. The van der Waals surface area contributed by atoms with Crippen LogP contribution in [0.15, 0.2) is 0 Å². The lowest BCUT2D eigenvalue weighted by molar-refractivity contribution is -0.134. The molecule has 2 nitrogen and oxygen atoms in total. The molecule has 3 rings (SSSR count). The third-order valence-corrected chi connectivity index (χ3v) is 6.25. The second kappa shape index (κ2) is 5.46. The van der Waals surface area contributed by atoms with Gasteiger partial charge in [-0.1, -0.05) is 13.3 Å². The van der Waals surface area contributed by atoms with E-state index in [4.69, 9.17) is 0 Å². The third kappa shape index (κ3) is 2.83. The van der Waals surface area contributed by atoms with Gasteiger partial charge in [0.15, 0.2) is 0 Å². The predicted octanol–water partition coefficient (Wildman–Crippen LogP) is 3.85. The fourth-order valence-electron chi connectivity index (χ4n) is 4.83. The van der Waals surface area contributed by atoms with E-state index in [0.29, 0.717) is 11.9 Å². The molecule has 0 saturated heterocycles. The molecular formula is C17H29NO. The lowest BCUT2D eigenvalue weighted by Crippen LogP contribution is -2.40. The zero-order chi connectivity index (χ0) is 13.4. The summed E-state index contributed by atoms with van der Waals surface area (Å²) in [7, 11) is 2.05. The maximum atomic E-state index is 12.5. The number of fused-ring (bicyclic) bond motifs is 2. The summed E-state index contributed by atoms with van der Waals surface area (Å²) in [5.41, 5.74) is 0. The Kier molecular flexibility index (Phi) is 3.86. The van der Waals surface area contributed by atoms with Crippen LogP contribution < -0.4 is 0 Å². The molecule has 108 valence electrons. The van der Waals surface area contributed by atoms with Gasteiger partial charge in [0, 0.05) is 19.5 Å². The molecule has 0 unspecified atom stereocenters. The Morgan fingerprint density at radius 3 is 2.37 bits per heavy atom. The van der Waals surface area contributed by atoms with Gasteiger partial charge in [0.05, 0.1) is 0 Å². The van der Waals surface area contributed by atoms with E-state index < -0.39 is 0 Å². The molecule has 3 aliphatic rings. The van der Waals surface area contributed by atoms with Crippen molar-refractivity contribution < 1.29 is 4.79 Å². The molecule has 0 aliphatic heterocycles. The largest absolute Gasteiger partial charge is 0.343 e. The average Bonchev–Trinajstić information content (AvgIpc) is 3.01. The first-order valence-corrected chi connectivity index (χ1v) is 8.39. The molecule has 0 spiro atoms. The molecule has 0 N–H and O–H groups in total. The van der Waals surface area contributed by atoms with E-state index in [1.807, 2.05) is 0 Å². The molecule has 1 amide bonds. The molecule has 3 saturated carbocycles. The van der Waals surface area contributed by atoms with Crippen LogP contribution in [0.3, 0.4) is 0 Å². The summed E-state index contributed by atoms with van der Waals surface area (Å²) in [6.07, 6.45) is 11.5. The topological polar surface area (TPSA) is 20.3 Å². The van der Waals surface area contributed by atoms with Crippen LogP contribution in [0.5, 0.6) is 0 Å². The molecule has 0 aromatic carbocycles. The van der Waals surface area contributed by atoms with Crippen molar-refractivity contribution >= 4 is 5.91 Å². The molecule has 0 heterocycles. The number of carbonyl (C=O) groups excluding carboxylic acids is 1. The number of hydrogen-bond acceptors (Lipinski definition) is 1. The summed E-state index contributed by atoms with van der Waals surface area (Å²) >= 11 is 0. The number of rotatable bonds is 3. The van der Waals surface area contributed by atoms with Crippen molar-refractivity contribution in [2.45, 2.75) is 70.8 Å². The van der Waals surface area contributed by atoms with Crippen LogP contribution in [-0.2, 0) is 4.79 Å².